The number of hydrogen-bond acceptors (Lipinski definition) is 2. The lowest BCUT2D eigenvalue weighted by Gasteiger charge is -2.43. The summed E-state index contributed by atoms with van der Waals surface area (Å²) in [6, 6.07) is 12.5. The lowest BCUT2D eigenvalue weighted by Crippen LogP contribution is -2.44. The first kappa shape index (κ1) is 22.3. The summed E-state index contributed by atoms with van der Waals surface area (Å²) in [6.07, 6.45) is -2.75. The van der Waals surface area contributed by atoms with Crippen LogP contribution in [0, 0.1) is 5.41 Å². The summed E-state index contributed by atoms with van der Waals surface area (Å²) in [5, 5.41) is 0. The van der Waals surface area contributed by atoms with E-state index in [1.165, 1.54) is 12.1 Å². The number of carbonyl (C=O) groups is 2. The van der Waals surface area contributed by atoms with Gasteiger partial charge in [-0.2, -0.15) is 13.2 Å². The number of nitrogens with zero attached hydrogens (tertiary/aromatic N) is 1. The molecule has 3 nitrogen and oxygen atoms in total. The maximum Gasteiger partial charge on any atom is 0.416 e. The second kappa shape index (κ2) is 7.91. The van der Waals surface area contributed by atoms with Crippen molar-refractivity contribution in [3.8, 4) is 0 Å². The topological polar surface area (TPSA) is 37.4 Å². The van der Waals surface area contributed by atoms with Crippen LogP contribution in [0.15, 0.2) is 59.8 Å². The van der Waals surface area contributed by atoms with Crippen molar-refractivity contribution in [2.75, 3.05) is 4.90 Å². The lowest BCUT2D eigenvalue weighted by molar-refractivity contribution is -0.137. The molecule has 6 heteroatoms. The molecule has 4 rings (SSSR count). The number of benzene rings is 2. The Kier molecular flexibility index (Phi) is 5.51. The van der Waals surface area contributed by atoms with Crippen molar-refractivity contribution < 1.29 is 22.8 Å². The van der Waals surface area contributed by atoms with Gasteiger partial charge in [-0.15, -0.1) is 0 Å². The van der Waals surface area contributed by atoms with Crippen LogP contribution in [0.2, 0.25) is 0 Å². The molecule has 1 heterocycles. The molecule has 32 heavy (non-hydrogen) atoms. The fourth-order valence-electron chi connectivity index (χ4n) is 4.91. The van der Waals surface area contributed by atoms with Crippen LogP contribution in [-0.4, -0.2) is 11.7 Å². The number of halogens is 3. The molecule has 2 aromatic carbocycles. The summed E-state index contributed by atoms with van der Waals surface area (Å²) in [4.78, 5) is 28.5. The van der Waals surface area contributed by atoms with E-state index in [9.17, 15) is 22.8 Å². The number of amides is 1. The van der Waals surface area contributed by atoms with Crippen LogP contribution in [-0.2, 0) is 22.2 Å². The highest BCUT2D eigenvalue weighted by Crippen LogP contribution is 2.48. The smallest absolute Gasteiger partial charge is 0.294 e. The van der Waals surface area contributed by atoms with E-state index in [4.69, 9.17) is 0 Å². The molecule has 0 spiro atoms. The fraction of sp³-hybridized carbons (Fsp3) is 0.385. The Hall–Kier alpha value is -2.89. The number of anilines is 1. The summed E-state index contributed by atoms with van der Waals surface area (Å²) >= 11 is 0. The van der Waals surface area contributed by atoms with Gasteiger partial charge in [-0.3, -0.25) is 14.5 Å². The van der Waals surface area contributed by atoms with Crippen LogP contribution in [0.25, 0.3) is 0 Å². The molecular weight excluding hydrogens is 415 g/mol. The first-order valence-electron chi connectivity index (χ1n) is 10.9. The molecule has 0 bridgehead atoms. The molecular formula is C26H26F3NO2. The Balaban J connectivity index is 1.87. The number of hydrogen-bond donors (Lipinski definition) is 0. The number of rotatable bonds is 3. The van der Waals surface area contributed by atoms with Gasteiger partial charge in [0.25, 0.3) is 0 Å². The minimum atomic E-state index is -4.43. The highest BCUT2D eigenvalue weighted by atomic mass is 19.4. The van der Waals surface area contributed by atoms with Crippen molar-refractivity contribution in [2.24, 2.45) is 5.41 Å². The SMILES string of the molecule is CCc1ccccc1N1C(=O)CC(c2ccc(C(F)(F)F)cc2)C2=C1CC(C)(C)CC2=O. The van der Waals surface area contributed by atoms with E-state index >= 15 is 0 Å². The lowest BCUT2D eigenvalue weighted by atomic mass is 9.69. The van der Waals surface area contributed by atoms with E-state index < -0.39 is 17.7 Å². The first-order valence-corrected chi connectivity index (χ1v) is 10.9. The summed E-state index contributed by atoms with van der Waals surface area (Å²) in [6.45, 7) is 6.03. The third-order valence-electron chi connectivity index (χ3n) is 6.40. The summed E-state index contributed by atoms with van der Waals surface area (Å²) in [7, 11) is 0. The maximum atomic E-state index is 13.4. The van der Waals surface area contributed by atoms with Gasteiger partial charge < -0.3 is 0 Å². The molecule has 168 valence electrons. The monoisotopic (exact) mass is 441 g/mol. The minimum absolute atomic E-state index is 0.0346. The van der Waals surface area contributed by atoms with E-state index in [-0.39, 0.29) is 23.5 Å². The Bertz CT molecular complexity index is 1100. The molecule has 0 saturated heterocycles. The molecule has 1 atom stereocenters. The van der Waals surface area contributed by atoms with Crippen LogP contribution in [0.1, 0.15) is 62.6 Å². The van der Waals surface area contributed by atoms with Crippen LogP contribution in [0.5, 0.6) is 0 Å². The molecule has 2 aliphatic rings. The highest BCUT2D eigenvalue weighted by molar-refractivity contribution is 6.08. The average Bonchev–Trinajstić information content (AvgIpc) is 2.71. The first-order chi connectivity index (χ1) is 15.0. The van der Waals surface area contributed by atoms with Crippen molar-refractivity contribution in [3.63, 3.8) is 0 Å². The zero-order valence-electron chi connectivity index (χ0n) is 18.4. The number of Topliss-reactive ketones (excluding diaryl/α,β-unsaturated/α-hetero) is 1. The number of allylic oxidation sites excluding steroid dienone is 2. The summed E-state index contributed by atoms with van der Waals surface area (Å²) < 4.78 is 39.1. The van der Waals surface area contributed by atoms with E-state index in [2.05, 4.69) is 0 Å². The molecule has 1 unspecified atom stereocenters. The summed E-state index contributed by atoms with van der Waals surface area (Å²) in [5.41, 5.74) is 2.56. The van der Waals surface area contributed by atoms with Gasteiger partial charge in [-0.25, -0.2) is 0 Å². The standard InChI is InChI=1S/C26H26F3NO2/c1-4-16-7-5-6-8-20(16)30-21-14-25(2,3)15-22(31)24(21)19(13-23(30)32)17-9-11-18(12-10-17)26(27,28)29/h5-12,19H,4,13-15H2,1-3H3. The molecule has 0 saturated carbocycles. The quantitative estimate of drug-likeness (QED) is 0.550. The van der Waals surface area contributed by atoms with E-state index in [1.807, 2.05) is 45.0 Å². The largest absolute Gasteiger partial charge is 0.416 e. The zero-order chi connectivity index (χ0) is 23.3. The van der Waals surface area contributed by atoms with Gasteiger partial charge in [-0.1, -0.05) is 51.1 Å². The van der Waals surface area contributed by atoms with Crippen LogP contribution >= 0.6 is 0 Å². The summed E-state index contributed by atoms with van der Waals surface area (Å²) in [5.74, 6) is -0.707. The van der Waals surface area contributed by atoms with Crippen LogP contribution in [0.3, 0.4) is 0 Å². The maximum absolute atomic E-state index is 13.4. The second-order valence-electron chi connectivity index (χ2n) is 9.39. The van der Waals surface area contributed by atoms with E-state index in [0.29, 0.717) is 29.7 Å². The molecule has 1 aliphatic heterocycles. The van der Waals surface area contributed by atoms with Crippen molar-refractivity contribution in [2.45, 2.75) is 58.5 Å². The molecule has 0 N–H and O–H groups in total. The molecule has 1 amide bonds. The Morgan fingerprint density at radius 2 is 1.66 bits per heavy atom. The molecule has 0 aromatic heterocycles. The van der Waals surface area contributed by atoms with Gasteiger partial charge in [0, 0.05) is 30.0 Å². The Morgan fingerprint density at radius 1 is 1.00 bits per heavy atom. The fourth-order valence-corrected chi connectivity index (χ4v) is 4.91. The van der Waals surface area contributed by atoms with Crippen molar-refractivity contribution in [3.05, 3.63) is 76.5 Å². The normalized spacial score (nSPS) is 21.1. The third kappa shape index (κ3) is 3.98. The second-order valence-corrected chi connectivity index (χ2v) is 9.39. The third-order valence-corrected chi connectivity index (χ3v) is 6.40. The Morgan fingerprint density at radius 3 is 2.28 bits per heavy atom. The average molecular weight is 441 g/mol. The van der Waals surface area contributed by atoms with Gasteiger partial charge in [0.2, 0.25) is 5.91 Å². The number of aryl methyl sites for hydroxylation is 1. The molecule has 0 fully saturated rings. The predicted octanol–water partition coefficient (Wildman–Crippen LogP) is 6.43. The van der Waals surface area contributed by atoms with Gasteiger partial charge in [0.15, 0.2) is 5.78 Å². The number of alkyl halides is 3. The van der Waals surface area contributed by atoms with Gasteiger partial charge in [-0.05, 0) is 47.6 Å². The molecule has 1 aliphatic carbocycles. The van der Waals surface area contributed by atoms with E-state index in [1.54, 1.807) is 4.90 Å². The van der Waals surface area contributed by atoms with Gasteiger partial charge in [0.1, 0.15) is 0 Å². The Labute approximate surface area is 185 Å². The highest BCUT2D eigenvalue weighted by Gasteiger charge is 2.44. The zero-order valence-corrected chi connectivity index (χ0v) is 18.4. The van der Waals surface area contributed by atoms with Crippen molar-refractivity contribution in [1.82, 2.24) is 0 Å². The van der Waals surface area contributed by atoms with Gasteiger partial charge in [0.05, 0.1) is 11.3 Å². The van der Waals surface area contributed by atoms with Crippen molar-refractivity contribution >= 4 is 17.4 Å². The number of carbonyl (C=O) groups excluding carboxylic acids is 2. The van der Waals surface area contributed by atoms with E-state index in [0.717, 1.165) is 29.8 Å². The minimum Gasteiger partial charge on any atom is -0.294 e. The molecule has 0 radical (unpaired) electrons. The van der Waals surface area contributed by atoms with Gasteiger partial charge >= 0.3 is 6.18 Å². The molecule has 2 aromatic rings. The van der Waals surface area contributed by atoms with Crippen LogP contribution < -0.4 is 4.90 Å². The number of para-hydroxylation sites is 1. The van der Waals surface area contributed by atoms with Crippen LogP contribution in [0.4, 0.5) is 18.9 Å². The predicted molar refractivity (Wildman–Crippen MR) is 117 cm³/mol. The van der Waals surface area contributed by atoms with Crippen molar-refractivity contribution in [1.29, 1.82) is 0 Å². The number of ketones is 1.